The van der Waals surface area contributed by atoms with E-state index in [2.05, 4.69) is 21.2 Å². The number of hydrogen-bond acceptors (Lipinski definition) is 4. The molecule has 0 spiro atoms. The van der Waals surface area contributed by atoms with E-state index >= 15 is 0 Å². The van der Waals surface area contributed by atoms with Gasteiger partial charge in [-0.15, -0.1) is 0 Å². The van der Waals surface area contributed by atoms with Gasteiger partial charge in [0.2, 0.25) is 0 Å². The smallest absolute Gasteiger partial charge is 0.309 e. The van der Waals surface area contributed by atoms with Crippen LogP contribution in [-0.4, -0.2) is 41.6 Å². The average molecular weight is 413 g/mol. The number of carbonyl (C=O) groups excluding carboxylic acids is 2. The van der Waals surface area contributed by atoms with Crippen LogP contribution in [0, 0.1) is 12.8 Å². The van der Waals surface area contributed by atoms with Crippen molar-refractivity contribution in [3.8, 4) is 0 Å². The number of likely N-dealkylation sites (tertiary alicyclic amines) is 1. The number of nitrogens with zero attached hydrogens (tertiary/aromatic N) is 1. The van der Waals surface area contributed by atoms with E-state index in [1.165, 1.54) is 0 Å². The van der Waals surface area contributed by atoms with Crippen LogP contribution in [0.25, 0.3) is 0 Å². The molecule has 0 bridgehead atoms. The van der Waals surface area contributed by atoms with Crippen LogP contribution in [0.3, 0.4) is 0 Å². The molecule has 1 fully saturated rings. The molecule has 1 aromatic rings. The van der Waals surface area contributed by atoms with Gasteiger partial charge in [-0.3, -0.25) is 14.9 Å². The number of piperidine rings is 1. The Labute approximate surface area is 155 Å². The standard InChI is InChI=1S/C17H21BrN2O3S/c1-3-23-16(22)12-6-8-20(9-7-12)17(24)19-15(21)13-5-4-11(2)14(18)10-13/h4-5,10,12H,3,6-9H2,1-2H3,(H,19,21,24). The molecule has 0 unspecified atom stereocenters. The van der Waals surface area contributed by atoms with E-state index in [9.17, 15) is 9.59 Å². The lowest BCUT2D eigenvalue weighted by molar-refractivity contribution is -0.149. The number of halogens is 1. The Morgan fingerprint density at radius 1 is 1.38 bits per heavy atom. The fourth-order valence-corrected chi connectivity index (χ4v) is 3.21. The zero-order chi connectivity index (χ0) is 17.7. The minimum absolute atomic E-state index is 0.0762. The van der Waals surface area contributed by atoms with Crippen molar-refractivity contribution in [2.75, 3.05) is 19.7 Å². The maximum Gasteiger partial charge on any atom is 0.309 e. The molecule has 0 saturated carbocycles. The molecule has 130 valence electrons. The van der Waals surface area contributed by atoms with Gasteiger partial charge in [0.1, 0.15) is 0 Å². The van der Waals surface area contributed by atoms with Crippen LogP contribution in [0.4, 0.5) is 0 Å². The molecule has 1 amide bonds. The van der Waals surface area contributed by atoms with Gasteiger partial charge in [0.15, 0.2) is 5.11 Å². The quantitative estimate of drug-likeness (QED) is 0.610. The fourth-order valence-electron chi connectivity index (χ4n) is 2.56. The third-order valence-electron chi connectivity index (χ3n) is 4.06. The number of ether oxygens (including phenoxy) is 1. The molecule has 1 aliphatic rings. The Hall–Kier alpha value is -1.47. The van der Waals surface area contributed by atoms with Gasteiger partial charge in [-0.05, 0) is 56.6 Å². The van der Waals surface area contributed by atoms with Gasteiger partial charge in [0, 0.05) is 23.1 Å². The number of thiocarbonyl (C=S) groups is 1. The molecule has 1 aliphatic heterocycles. The molecule has 0 radical (unpaired) electrons. The average Bonchev–Trinajstić information content (AvgIpc) is 2.57. The molecule has 5 nitrogen and oxygen atoms in total. The van der Waals surface area contributed by atoms with Gasteiger partial charge >= 0.3 is 5.97 Å². The number of aryl methyl sites for hydroxylation is 1. The molecule has 24 heavy (non-hydrogen) atoms. The molecule has 0 atom stereocenters. The predicted molar refractivity (Wildman–Crippen MR) is 99.9 cm³/mol. The summed E-state index contributed by atoms with van der Waals surface area (Å²) in [6.07, 6.45) is 1.37. The van der Waals surface area contributed by atoms with E-state index in [-0.39, 0.29) is 17.8 Å². The zero-order valence-corrected chi connectivity index (χ0v) is 16.2. The highest BCUT2D eigenvalue weighted by atomic mass is 79.9. The summed E-state index contributed by atoms with van der Waals surface area (Å²) in [6.45, 7) is 5.45. The van der Waals surface area contributed by atoms with Crippen LogP contribution < -0.4 is 5.32 Å². The second-order valence-electron chi connectivity index (χ2n) is 5.74. The topological polar surface area (TPSA) is 58.6 Å². The minimum atomic E-state index is -0.229. The predicted octanol–water partition coefficient (Wildman–Crippen LogP) is 3.05. The number of amides is 1. The van der Waals surface area contributed by atoms with Crippen LogP contribution in [-0.2, 0) is 9.53 Å². The molecule has 2 rings (SSSR count). The van der Waals surface area contributed by atoms with Crippen LogP contribution in [0.1, 0.15) is 35.7 Å². The van der Waals surface area contributed by atoms with Crippen molar-refractivity contribution in [2.24, 2.45) is 5.92 Å². The Morgan fingerprint density at radius 2 is 2.04 bits per heavy atom. The summed E-state index contributed by atoms with van der Waals surface area (Å²) in [5.41, 5.74) is 1.62. The third kappa shape index (κ3) is 4.77. The molecule has 1 saturated heterocycles. The molecule has 1 heterocycles. The number of benzene rings is 1. The van der Waals surface area contributed by atoms with Crippen molar-refractivity contribution in [1.29, 1.82) is 0 Å². The van der Waals surface area contributed by atoms with Gasteiger partial charge in [0.25, 0.3) is 5.91 Å². The maximum absolute atomic E-state index is 12.3. The Kier molecular flexibility index (Phi) is 6.74. The van der Waals surface area contributed by atoms with E-state index in [4.69, 9.17) is 17.0 Å². The summed E-state index contributed by atoms with van der Waals surface area (Å²) in [6, 6.07) is 5.43. The highest BCUT2D eigenvalue weighted by Gasteiger charge is 2.27. The van der Waals surface area contributed by atoms with Crippen molar-refractivity contribution in [2.45, 2.75) is 26.7 Å². The van der Waals surface area contributed by atoms with Gasteiger partial charge < -0.3 is 9.64 Å². The van der Waals surface area contributed by atoms with Gasteiger partial charge in [-0.1, -0.05) is 22.0 Å². The number of esters is 1. The first-order chi connectivity index (χ1) is 11.4. The summed E-state index contributed by atoms with van der Waals surface area (Å²) < 4.78 is 5.94. The highest BCUT2D eigenvalue weighted by Crippen LogP contribution is 2.20. The van der Waals surface area contributed by atoms with E-state index < -0.39 is 0 Å². The molecule has 7 heteroatoms. The van der Waals surface area contributed by atoms with Gasteiger partial charge in [-0.2, -0.15) is 0 Å². The lowest BCUT2D eigenvalue weighted by atomic mass is 9.97. The lowest BCUT2D eigenvalue weighted by Crippen LogP contribution is -2.47. The highest BCUT2D eigenvalue weighted by molar-refractivity contribution is 9.10. The normalized spacial score (nSPS) is 15.0. The van der Waals surface area contributed by atoms with Crippen LogP contribution >= 0.6 is 28.1 Å². The SMILES string of the molecule is CCOC(=O)C1CCN(C(=S)NC(=O)c2ccc(C)c(Br)c2)CC1. The van der Waals surface area contributed by atoms with Crippen molar-refractivity contribution in [1.82, 2.24) is 10.2 Å². The number of nitrogens with one attached hydrogen (secondary N) is 1. The molecule has 1 N–H and O–H groups in total. The number of hydrogen-bond donors (Lipinski definition) is 1. The largest absolute Gasteiger partial charge is 0.466 e. The maximum atomic E-state index is 12.3. The molecular weight excluding hydrogens is 392 g/mol. The van der Waals surface area contributed by atoms with E-state index in [1.807, 2.05) is 17.9 Å². The van der Waals surface area contributed by atoms with E-state index in [0.29, 0.717) is 43.2 Å². The van der Waals surface area contributed by atoms with Crippen molar-refractivity contribution in [3.05, 3.63) is 33.8 Å². The first kappa shape index (κ1) is 18.9. The zero-order valence-electron chi connectivity index (χ0n) is 13.8. The summed E-state index contributed by atoms with van der Waals surface area (Å²) >= 11 is 8.75. The first-order valence-electron chi connectivity index (χ1n) is 7.95. The van der Waals surface area contributed by atoms with Crippen molar-refractivity contribution in [3.63, 3.8) is 0 Å². The molecule has 1 aromatic carbocycles. The van der Waals surface area contributed by atoms with Crippen LogP contribution in [0.15, 0.2) is 22.7 Å². The van der Waals surface area contributed by atoms with Crippen molar-refractivity contribution >= 4 is 45.1 Å². The van der Waals surface area contributed by atoms with Crippen molar-refractivity contribution < 1.29 is 14.3 Å². The van der Waals surface area contributed by atoms with Crippen LogP contribution in [0.2, 0.25) is 0 Å². The Bertz CT molecular complexity index is 643. The van der Waals surface area contributed by atoms with E-state index in [1.54, 1.807) is 19.1 Å². The summed E-state index contributed by atoms with van der Waals surface area (Å²) in [7, 11) is 0. The second kappa shape index (κ2) is 8.58. The first-order valence-corrected chi connectivity index (χ1v) is 9.15. The third-order valence-corrected chi connectivity index (χ3v) is 5.27. The second-order valence-corrected chi connectivity index (χ2v) is 6.98. The van der Waals surface area contributed by atoms with Crippen LogP contribution in [0.5, 0.6) is 0 Å². The lowest BCUT2D eigenvalue weighted by Gasteiger charge is -2.32. The molecular formula is C17H21BrN2O3S. The summed E-state index contributed by atoms with van der Waals surface area (Å²) in [4.78, 5) is 26.0. The van der Waals surface area contributed by atoms with Gasteiger partial charge in [0.05, 0.1) is 12.5 Å². The number of rotatable bonds is 3. The Morgan fingerprint density at radius 3 is 2.62 bits per heavy atom. The minimum Gasteiger partial charge on any atom is -0.466 e. The van der Waals surface area contributed by atoms with Gasteiger partial charge in [-0.25, -0.2) is 0 Å². The monoisotopic (exact) mass is 412 g/mol. The summed E-state index contributed by atoms with van der Waals surface area (Å²) in [5, 5.41) is 3.17. The Balaban J connectivity index is 1.88. The summed E-state index contributed by atoms with van der Waals surface area (Å²) in [5.74, 6) is -0.447. The fraction of sp³-hybridized carbons (Fsp3) is 0.471. The molecule has 0 aliphatic carbocycles. The number of carbonyl (C=O) groups is 2. The molecule has 0 aromatic heterocycles. The van der Waals surface area contributed by atoms with E-state index in [0.717, 1.165) is 10.0 Å².